The Labute approximate surface area is 90.0 Å². The third-order valence-corrected chi connectivity index (χ3v) is 2.01. The van der Waals surface area contributed by atoms with Crippen LogP contribution in [0.25, 0.3) is 0 Å². The van der Waals surface area contributed by atoms with Crippen molar-refractivity contribution in [2.75, 3.05) is 6.54 Å². The first kappa shape index (κ1) is 12.5. The predicted octanol–water partition coefficient (Wildman–Crippen LogP) is 1.38. The molecule has 6 heteroatoms. The van der Waals surface area contributed by atoms with E-state index < -0.39 is 17.4 Å². The second-order valence-corrected chi connectivity index (χ2v) is 3.29. The molecular weight excluding hydrogens is 221 g/mol. The molecular formula is C10H11F3N2O. The average molecular weight is 232 g/mol. The van der Waals surface area contributed by atoms with Gasteiger partial charge in [0.1, 0.15) is 5.69 Å². The maximum atomic E-state index is 12.6. The van der Waals surface area contributed by atoms with Gasteiger partial charge in [0, 0.05) is 19.2 Å². The van der Waals surface area contributed by atoms with Crippen molar-refractivity contribution < 1.29 is 13.2 Å². The van der Waals surface area contributed by atoms with E-state index in [1.54, 1.807) is 0 Å². The maximum Gasteiger partial charge on any atom is 0.431 e. The third kappa shape index (κ3) is 2.73. The minimum atomic E-state index is -4.56. The van der Waals surface area contributed by atoms with Crippen LogP contribution in [-0.4, -0.2) is 11.1 Å². The Morgan fingerprint density at radius 3 is 2.56 bits per heavy atom. The van der Waals surface area contributed by atoms with E-state index >= 15 is 0 Å². The van der Waals surface area contributed by atoms with Crippen LogP contribution in [0.4, 0.5) is 13.2 Å². The monoisotopic (exact) mass is 232 g/mol. The molecule has 0 unspecified atom stereocenters. The van der Waals surface area contributed by atoms with Gasteiger partial charge in [0.05, 0.1) is 0 Å². The van der Waals surface area contributed by atoms with Crippen molar-refractivity contribution >= 4 is 0 Å². The van der Waals surface area contributed by atoms with Crippen LogP contribution in [0.1, 0.15) is 5.69 Å². The van der Waals surface area contributed by atoms with E-state index in [1.165, 1.54) is 0 Å². The van der Waals surface area contributed by atoms with E-state index in [0.717, 1.165) is 18.2 Å². The minimum absolute atomic E-state index is 0.0403. The Kier molecular flexibility index (Phi) is 3.54. The summed E-state index contributed by atoms with van der Waals surface area (Å²) in [6.07, 6.45) is -4.56. The van der Waals surface area contributed by atoms with Gasteiger partial charge in [0.25, 0.3) is 5.56 Å². The summed E-state index contributed by atoms with van der Waals surface area (Å²) in [6.45, 7) is 3.30. The smallest absolute Gasteiger partial charge is 0.327 e. The van der Waals surface area contributed by atoms with Gasteiger partial charge in [-0.25, -0.2) is 0 Å². The van der Waals surface area contributed by atoms with Gasteiger partial charge in [-0.1, -0.05) is 12.6 Å². The molecule has 0 fully saturated rings. The van der Waals surface area contributed by atoms with Crippen molar-refractivity contribution in [2.45, 2.75) is 12.7 Å². The van der Waals surface area contributed by atoms with Gasteiger partial charge < -0.3 is 10.3 Å². The molecule has 0 bridgehead atoms. The highest BCUT2D eigenvalue weighted by atomic mass is 19.4. The molecule has 1 heterocycles. The zero-order valence-electron chi connectivity index (χ0n) is 8.42. The number of nitrogens with two attached hydrogens (primary N) is 1. The molecule has 0 spiro atoms. The van der Waals surface area contributed by atoms with E-state index in [1.807, 2.05) is 0 Å². The van der Waals surface area contributed by atoms with Crippen LogP contribution >= 0.6 is 0 Å². The molecule has 0 aliphatic rings. The van der Waals surface area contributed by atoms with Crippen molar-refractivity contribution in [1.29, 1.82) is 0 Å². The van der Waals surface area contributed by atoms with Crippen LogP contribution in [0, 0.1) is 0 Å². The maximum absolute atomic E-state index is 12.6. The standard InChI is InChI=1S/C10H11F3N2O/c1-7(5-14)6-15-8(10(11,12)13)3-2-4-9(15)16/h2-4H,1,5-6,14H2. The molecule has 0 atom stereocenters. The zero-order valence-corrected chi connectivity index (χ0v) is 8.42. The number of rotatable bonds is 3. The van der Waals surface area contributed by atoms with Crippen LogP contribution < -0.4 is 11.3 Å². The predicted molar refractivity (Wildman–Crippen MR) is 53.9 cm³/mol. The van der Waals surface area contributed by atoms with Crippen LogP contribution in [0.2, 0.25) is 0 Å². The van der Waals surface area contributed by atoms with Crippen LogP contribution in [0.3, 0.4) is 0 Å². The SMILES string of the molecule is C=C(CN)Cn1c(C(F)(F)F)cccc1=O. The molecule has 2 N–H and O–H groups in total. The summed E-state index contributed by atoms with van der Waals surface area (Å²) in [4.78, 5) is 11.3. The lowest BCUT2D eigenvalue weighted by molar-refractivity contribution is -0.144. The van der Waals surface area contributed by atoms with E-state index in [-0.39, 0.29) is 13.1 Å². The summed E-state index contributed by atoms with van der Waals surface area (Å²) >= 11 is 0. The van der Waals surface area contributed by atoms with Gasteiger partial charge in [0.2, 0.25) is 0 Å². The van der Waals surface area contributed by atoms with Crippen LogP contribution in [0.5, 0.6) is 0 Å². The number of nitrogens with zero attached hydrogens (tertiary/aromatic N) is 1. The highest BCUT2D eigenvalue weighted by Crippen LogP contribution is 2.28. The van der Waals surface area contributed by atoms with Crippen molar-refractivity contribution in [1.82, 2.24) is 4.57 Å². The first-order chi connectivity index (χ1) is 7.36. The molecule has 0 amide bonds. The second kappa shape index (κ2) is 4.52. The first-order valence-electron chi connectivity index (χ1n) is 4.50. The summed E-state index contributed by atoms with van der Waals surface area (Å²) in [5, 5.41) is 0. The number of aromatic nitrogens is 1. The Bertz CT molecular complexity index is 448. The van der Waals surface area contributed by atoms with Crippen LogP contribution in [0.15, 0.2) is 35.1 Å². The molecule has 0 aliphatic carbocycles. The molecule has 0 saturated heterocycles. The molecule has 1 aromatic rings. The van der Waals surface area contributed by atoms with Gasteiger partial charge in [-0.15, -0.1) is 0 Å². The molecule has 1 aromatic heterocycles. The largest absolute Gasteiger partial charge is 0.431 e. The Morgan fingerprint density at radius 1 is 1.44 bits per heavy atom. The summed E-state index contributed by atoms with van der Waals surface area (Å²) in [5.74, 6) is 0. The first-order valence-corrected chi connectivity index (χ1v) is 4.50. The lowest BCUT2D eigenvalue weighted by atomic mass is 10.2. The highest BCUT2D eigenvalue weighted by Gasteiger charge is 2.34. The summed E-state index contributed by atoms with van der Waals surface area (Å²) in [5.41, 5.74) is 3.88. The molecule has 0 saturated carbocycles. The molecule has 88 valence electrons. The van der Waals surface area contributed by atoms with E-state index in [9.17, 15) is 18.0 Å². The van der Waals surface area contributed by atoms with E-state index in [2.05, 4.69) is 6.58 Å². The molecule has 0 aromatic carbocycles. The number of halogens is 3. The van der Waals surface area contributed by atoms with Crippen molar-refractivity contribution in [3.05, 3.63) is 46.4 Å². The summed E-state index contributed by atoms with van der Waals surface area (Å²) in [6, 6.07) is 3.00. The topological polar surface area (TPSA) is 48.0 Å². The van der Waals surface area contributed by atoms with Gasteiger partial charge >= 0.3 is 6.18 Å². The fraction of sp³-hybridized carbons (Fsp3) is 0.300. The average Bonchev–Trinajstić information content (AvgIpc) is 2.19. The quantitative estimate of drug-likeness (QED) is 0.800. The molecule has 0 aliphatic heterocycles. The molecule has 1 rings (SSSR count). The highest BCUT2D eigenvalue weighted by molar-refractivity contribution is 5.12. The lowest BCUT2D eigenvalue weighted by Gasteiger charge is -2.15. The van der Waals surface area contributed by atoms with E-state index in [0.29, 0.717) is 10.1 Å². The Balaban J connectivity index is 3.25. The fourth-order valence-corrected chi connectivity index (χ4v) is 1.22. The number of hydrogen-bond acceptors (Lipinski definition) is 2. The van der Waals surface area contributed by atoms with Gasteiger partial charge in [-0.2, -0.15) is 13.2 Å². The second-order valence-electron chi connectivity index (χ2n) is 3.29. The number of hydrogen-bond donors (Lipinski definition) is 1. The normalized spacial score (nSPS) is 11.5. The third-order valence-electron chi connectivity index (χ3n) is 2.01. The zero-order chi connectivity index (χ0) is 12.3. The Hall–Kier alpha value is -1.56. The molecule has 16 heavy (non-hydrogen) atoms. The van der Waals surface area contributed by atoms with Crippen molar-refractivity contribution in [2.24, 2.45) is 5.73 Å². The van der Waals surface area contributed by atoms with E-state index in [4.69, 9.17) is 5.73 Å². The number of alkyl halides is 3. The van der Waals surface area contributed by atoms with Gasteiger partial charge in [-0.3, -0.25) is 4.79 Å². The van der Waals surface area contributed by atoms with Gasteiger partial charge in [-0.05, 0) is 11.6 Å². The Morgan fingerprint density at radius 2 is 2.06 bits per heavy atom. The summed E-state index contributed by atoms with van der Waals surface area (Å²) < 4.78 is 38.3. The molecule has 3 nitrogen and oxygen atoms in total. The molecule has 0 radical (unpaired) electrons. The summed E-state index contributed by atoms with van der Waals surface area (Å²) in [7, 11) is 0. The minimum Gasteiger partial charge on any atom is -0.327 e. The fourth-order valence-electron chi connectivity index (χ4n) is 1.22. The van der Waals surface area contributed by atoms with Crippen molar-refractivity contribution in [3.63, 3.8) is 0 Å². The van der Waals surface area contributed by atoms with Crippen LogP contribution in [-0.2, 0) is 12.7 Å². The van der Waals surface area contributed by atoms with Gasteiger partial charge in [0.15, 0.2) is 0 Å². The lowest BCUT2D eigenvalue weighted by Crippen LogP contribution is -2.28. The van der Waals surface area contributed by atoms with Crippen molar-refractivity contribution in [3.8, 4) is 0 Å². The number of pyridine rings is 1.